The predicted molar refractivity (Wildman–Crippen MR) is 61.6 cm³/mol. The second-order valence-corrected chi connectivity index (χ2v) is 5.47. The number of hydrogen-bond acceptors (Lipinski definition) is 3. The van der Waals surface area contributed by atoms with Gasteiger partial charge >= 0.3 is 0 Å². The number of thiazole rings is 1. The molecule has 1 N–H and O–H groups in total. The SMILES string of the molecule is Cc1ncc(C(=O)NC2(CCl)CCC2)s1. The van der Waals surface area contributed by atoms with Gasteiger partial charge in [-0.25, -0.2) is 4.98 Å². The van der Waals surface area contributed by atoms with Gasteiger partial charge < -0.3 is 5.32 Å². The van der Waals surface area contributed by atoms with E-state index in [1.807, 2.05) is 6.92 Å². The summed E-state index contributed by atoms with van der Waals surface area (Å²) < 4.78 is 0. The predicted octanol–water partition coefficient (Wildman–Crippen LogP) is 2.34. The van der Waals surface area contributed by atoms with Crippen LogP contribution in [0.2, 0.25) is 0 Å². The Hall–Kier alpha value is -0.610. The van der Waals surface area contributed by atoms with E-state index in [-0.39, 0.29) is 11.4 Å². The molecule has 1 amide bonds. The third-order valence-electron chi connectivity index (χ3n) is 2.79. The average Bonchev–Trinajstić information content (AvgIpc) is 2.58. The molecule has 1 aromatic rings. The van der Waals surface area contributed by atoms with E-state index in [0.717, 1.165) is 24.3 Å². The number of carbonyl (C=O) groups is 1. The lowest BCUT2D eigenvalue weighted by molar-refractivity contribution is 0.0858. The second-order valence-electron chi connectivity index (χ2n) is 3.97. The molecule has 1 aliphatic rings. The van der Waals surface area contributed by atoms with E-state index in [1.165, 1.54) is 11.3 Å². The lowest BCUT2D eigenvalue weighted by atomic mass is 9.78. The van der Waals surface area contributed by atoms with Gasteiger partial charge in [0.25, 0.3) is 5.91 Å². The summed E-state index contributed by atoms with van der Waals surface area (Å²) in [7, 11) is 0. The minimum absolute atomic E-state index is 0.0408. The van der Waals surface area contributed by atoms with E-state index in [1.54, 1.807) is 6.20 Å². The molecule has 1 fully saturated rings. The molecule has 2 rings (SSSR count). The highest BCUT2D eigenvalue weighted by molar-refractivity contribution is 7.13. The molecule has 82 valence electrons. The molecule has 0 spiro atoms. The molecule has 15 heavy (non-hydrogen) atoms. The maximum Gasteiger partial charge on any atom is 0.263 e. The molecule has 1 saturated carbocycles. The van der Waals surface area contributed by atoms with Crippen molar-refractivity contribution < 1.29 is 4.79 Å². The van der Waals surface area contributed by atoms with Crippen molar-refractivity contribution in [3.05, 3.63) is 16.1 Å². The van der Waals surface area contributed by atoms with Crippen molar-refractivity contribution in [2.24, 2.45) is 0 Å². The van der Waals surface area contributed by atoms with E-state index >= 15 is 0 Å². The van der Waals surface area contributed by atoms with Crippen LogP contribution in [-0.2, 0) is 0 Å². The molecule has 0 aromatic carbocycles. The molecule has 1 aliphatic carbocycles. The van der Waals surface area contributed by atoms with Gasteiger partial charge in [0, 0.05) is 5.88 Å². The van der Waals surface area contributed by atoms with E-state index in [4.69, 9.17) is 11.6 Å². The lowest BCUT2D eigenvalue weighted by Gasteiger charge is -2.40. The first-order chi connectivity index (χ1) is 7.15. The molecule has 0 bridgehead atoms. The first kappa shape index (κ1) is 10.9. The Morgan fingerprint density at radius 3 is 2.87 bits per heavy atom. The highest BCUT2D eigenvalue weighted by Gasteiger charge is 2.37. The fourth-order valence-corrected chi connectivity index (χ4v) is 2.67. The van der Waals surface area contributed by atoms with Crippen LogP contribution in [0, 0.1) is 6.92 Å². The lowest BCUT2D eigenvalue weighted by Crippen LogP contribution is -2.54. The number of halogens is 1. The molecule has 0 saturated heterocycles. The van der Waals surface area contributed by atoms with Crippen LogP contribution in [0.1, 0.15) is 33.9 Å². The molecular formula is C10H13ClN2OS. The standard InChI is InChI=1S/C10H13ClN2OS/c1-7-12-5-8(15-7)9(14)13-10(6-11)3-2-4-10/h5H,2-4,6H2,1H3,(H,13,14). The third-order valence-corrected chi connectivity index (χ3v) is 4.21. The Balaban J connectivity index is 2.03. The maximum absolute atomic E-state index is 11.8. The average molecular weight is 245 g/mol. The van der Waals surface area contributed by atoms with Gasteiger partial charge in [-0.05, 0) is 26.2 Å². The topological polar surface area (TPSA) is 42.0 Å². The molecule has 1 heterocycles. The molecule has 1 aromatic heterocycles. The zero-order valence-corrected chi connectivity index (χ0v) is 10.1. The van der Waals surface area contributed by atoms with Crippen molar-refractivity contribution in [1.29, 1.82) is 0 Å². The number of hydrogen-bond donors (Lipinski definition) is 1. The maximum atomic E-state index is 11.8. The number of nitrogens with one attached hydrogen (secondary N) is 1. The summed E-state index contributed by atoms with van der Waals surface area (Å²) in [4.78, 5) is 16.6. The van der Waals surface area contributed by atoms with Gasteiger partial charge in [-0.2, -0.15) is 0 Å². The van der Waals surface area contributed by atoms with Crippen molar-refractivity contribution in [3.63, 3.8) is 0 Å². The molecule has 0 atom stereocenters. The van der Waals surface area contributed by atoms with E-state index in [9.17, 15) is 4.79 Å². The third kappa shape index (κ3) is 2.16. The van der Waals surface area contributed by atoms with Gasteiger partial charge in [-0.3, -0.25) is 4.79 Å². The van der Waals surface area contributed by atoms with Crippen LogP contribution in [0.4, 0.5) is 0 Å². The van der Waals surface area contributed by atoms with Crippen molar-refractivity contribution in [2.75, 3.05) is 5.88 Å². The monoisotopic (exact) mass is 244 g/mol. The quantitative estimate of drug-likeness (QED) is 0.830. The number of aromatic nitrogens is 1. The fraction of sp³-hybridized carbons (Fsp3) is 0.600. The number of amides is 1. The van der Waals surface area contributed by atoms with Crippen LogP contribution in [-0.4, -0.2) is 22.3 Å². The number of alkyl halides is 1. The van der Waals surface area contributed by atoms with Gasteiger partial charge in [-0.1, -0.05) is 0 Å². The molecule has 3 nitrogen and oxygen atoms in total. The number of carbonyl (C=O) groups excluding carboxylic acids is 1. The molecule has 0 aliphatic heterocycles. The van der Waals surface area contributed by atoms with Crippen LogP contribution in [0.5, 0.6) is 0 Å². The van der Waals surface area contributed by atoms with Crippen molar-refractivity contribution in [3.8, 4) is 0 Å². The number of nitrogens with zero attached hydrogens (tertiary/aromatic N) is 1. The van der Waals surface area contributed by atoms with Crippen LogP contribution < -0.4 is 5.32 Å². The Morgan fingerprint density at radius 1 is 1.73 bits per heavy atom. The van der Waals surface area contributed by atoms with Crippen molar-refractivity contribution in [2.45, 2.75) is 31.7 Å². The van der Waals surface area contributed by atoms with Gasteiger partial charge in [-0.15, -0.1) is 22.9 Å². The normalized spacial score (nSPS) is 18.3. The van der Waals surface area contributed by atoms with Crippen molar-refractivity contribution in [1.82, 2.24) is 10.3 Å². The Labute approximate surface area is 97.9 Å². The zero-order chi connectivity index (χ0) is 10.9. The summed E-state index contributed by atoms with van der Waals surface area (Å²) in [6.45, 7) is 1.89. The van der Waals surface area contributed by atoms with Gasteiger partial charge in [0.2, 0.25) is 0 Å². The molecule has 0 radical (unpaired) electrons. The molecular weight excluding hydrogens is 232 g/mol. The number of aryl methyl sites for hydroxylation is 1. The minimum Gasteiger partial charge on any atom is -0.345 e. The first-order valence-corrected chi connectivity index (χ1v) is 6.31. The van der Waals surface area contributed by atoms with Crippen LogP contribution in [0.3, 0.4) is 0 Å². The highest BCUT2D eigenvalue weighted by Crippen LogP contribution is 2.33. The summed E-state index contributed by atoms with van der Waals surface area (Å²) >= 11 is 7.29. The molecule has 5 heteroatoms. The molecule has 0 unspecified atom stereocenters. The van der Waals surface area contributed by atoms with Crippen LogP contribution in [0.15, 0.2) is 6.20 Å². The largest absolute Gasteiger partial charge is 0.345 e. The van der Waals surface area contributed by atoms with E-state index < -0.39 is 0 Å². The van der Waals surface area contributed by atoms with Gasteiger partial charge in [0.1, 0.15) is 4.88 Å². The van der Waals surface area contributed by atoms with Crippen LogP contribution >= 0.6 is 22.9 Å². The van der Waals surface area contributed by atoms with Crippen LogP contribution in [0.25, 0.3) is 0 Å². The zero-order valence-electron chi connectivity index (χ0n) is 8.55. The summed E-state index contributed by atoms with van der Waals surface area (Å²) in [5.41, 5.74) is -0.156. The minimum atomic E-state index is -0.156. The van der Waals surface area contributed by atoms with E-state index in [0.29, 0.717) is 10.8 Å². The summed E-state index contributed by atoms with van der Waals surface area (Å²) in [5.74, 6) is 0.456. The van der Waals surface area contributed by atoms with Crippen molar-refractivity contribution >= 4 is 28.8 Å². The number of rotatable bonds is 3. The summed E-state index contributed by atoms with van der Waals surface area (Å²) in [6.07, 6.45) is 4.74. The summed E-state index contributed by atoms with van der Waals surface area (Å²) in [6, 6.07) is 0. The smallest absolute Gasteiger partial charge is 0.263 e. The highest BCUT2D eigenvalue weighted by atomic mass is 35.5. The Kier molecular flexibility index (Phi) is 2.98. The Morgan fingerprint density at radius 2 is 2.47 bits per heavy atom. The van der Waals surface area contributed by atoms with Gasteiger partial charge in [0.15, 0.2) is 0 Å². The first-order valence-electron chi connectivity index (χ1n) is 4.96. The fourth-order valence-electron chi connectivity index (χ4n) is 1.66. The van der Waals surface area contributed by atoms with E-state index in [2.05, 4.69) is 10.3 Å². The Bertz CT molecular complexity index is 368. The summed E-state index contributed by atoms with van der Waals surface area (Å²) in [5, 5.41) is 3.92. The second kappa shape index (κ2) is 4.10. The van der Waals surface area contributed by atoms with Gasteiger partial charge in [0.05, 0.1) is 16.7 Å².